The van der Waals surface area contributed by atoms with Gasteiger partial charge < -0.3 is 0 Å². The minimum Gasteiger partial charge on any atom is -0.143 e. The van der Waals surface area contributed by atoms with Gasteiger partial charge in [-0.15, -0.1) is 23.4 Å². The van der Waals surface area contributed by atoms with Crippen LogP contribution in [-0.2, 0) is 0 Å². The van der Waals surface area contributed by atoms with Crippen molar-refractivity contribution in [2.45, 2.75) is 31.9 Å². The molecule has 0 saturated carbocycles. The first kappa shape index (κ1) is 8.64. The standard InChI is InChI=1S/C6H13ClS/c1-3-4-6(2)8-5-7/h6H,3-5H2,1-2H3. The second-order valence-electron chi connectivity index (χ2n) is 1.88. The quantitative estimate of drug-likeness (QED) is 0.558. The fraction of sp³-hybridized carbons (Fsp3) is 1.00. The number of hydrogen-bond donors (Lipinski definition) is 0. The first-order valence-corrected chi connectivity index (χ1v) is 4.57. The van der Waals surface area contributed by atoms with Crippen LogP contribution in [0.3, 0.4) is 0 Å². The summed E-state index contributed by atoms with van der Waals surface area (Å²) in [5.41, 5.74) is 0. The molecule has 50 valence electrons. The molecule has 0 radical (unpaired) electrons. The van der Waals surface area contributed by atoms with E-state index in [1.165, 1.54) is 12.8 Å². The van der Waals surface area contributed by atoms with Crippen molar-refractivity contribution in [1.82, 2.24) is 0 Å². The zero-order valence-electron chi connectivity index (χ0n) is 5.48. The van der Waals surface area contributed by atoms with E-state index in [1.807, 2.05) is 11.8 Å². The van der Waals surface area contributed by atoms with Crippen molar-refractivity contribution in [2.75, 3.05) is 5.21 Å². The molecule has 0 aromatic carbocycles. The van der Waals surface area contributed by atoms with Gasteiger partial charge in [0.25, 0.3) is 0 Å². The highest BCUT2D eigenvalue weighted by Crippen LogP contribution is 2.15. The van der Waals surface area contributed by atoms with Gasteiger partial charge in [-0.05, 0) is 6.42 Å². The molecule has 2 heteroatoms. The lowest BCUT2D eigenvalue weighted by Gasteiger charge is -2.04. The molecular weight excluding hydrogens is 140 g/mol. The maximum absolute atomic E-state index is 5.50. The lowest BCUT2D eigenvalue weighted by atomic mass is 10.3. The van der Waals surface area contributed by atoms with Crippen LogP contribution in [-0.4, -0.2) is 10.5 Å². The number of alkyl halides is 1. The third-order valence-corrected chi connectivity index (χ3v) is 2.35. The van der Waals surface area contributed by atoms with Crippen molar-refractivity contribution in [3.63, 3.8) is 0 Å². The Morgan fingerprint density at radius 1 is 1.62 bits per heavy atom. The molecule has 0 aromatic heterocycles. The SMILES string of the molecule is CCCC(C)SCCl. The lowest BCUT2D eigenvalue weighted by molar-refractivity contribution is 0.788. The Hall–Kier alpha value is 0.640. The Bertz CT molecular complexity index is 41.8. The van der Waals surface area contributed by atoms with Crippen molar-refractivity contribution in [3.8, 4) is 0 Å². The summed E-state index contributed by atoms with van der Waals surface area (Å²) in [7, 11) is 0. The lowest BCUT2D eigenvalue weighted by Crippen LogP contribution is -1.93. The van der Waals surface area contributed by atoms with E-state index < -0.39 is 0 Å². The van der Waals surface area contributed by atoms with E-state index in [0.717, 1.165) is 10.5 Å². The van der Waals surface area contributed by atoms with Gasteiger partial charge in [0.2, 0.25) is 0 Å². The van der Waals surface area contributed by atoms with E-state index in [-0.39, 0.29) is 0 Å². The number of rotatable bonds is 4. The fourth-order valence-corrected chi connectivity index (χ4v) is 1.86. The molecule has 0 rings (SSSR count). The van der Waals surface area contributed by atoms with Gasteiger partial charge in [0.15, 0.2) is 0 Å². The summed E-state index contributed by atoms with van der Waals surface area (Å²) < 4.78 is 0. The van der Waals surface area contributed by atoms with Crippen molar-refractivity contribution in [2.24, 2.45) is 0 Å². The van der Waals surface area contributed by atoms with Crippen LogP contribution < -0.4 is 0 Å². The van der Waals surface area contributed by atoms with Gasteiger partial charge >= 0.3 is 0 Å². The molecule has 1 unspecified atom stereocenters. The summed E-state index contributed by atoms with van der Waals surface area (Å²) in [6, 6.07) is 0. The van der Waals surface area contributed by atoms with Crippen LogP contribution in [0.25, 0.3) is 0 Å². The molecule has 0 aromatic rings. The van der Waals surface area contributed by atoms with E-state index in [1.54, 1.807) is 0 Å². The van der Waals surface area contributed by atoms with Crippen LogP contribution in [0.4, 0.5) is 0 Å². The highest BCUT2D eigenvalue weighted by atomic mass is 35.5. The summed E-state index contributed by atoms with van der Waals surface area (Å²) in [5, 5.41) is 1.48. The summed E-state index contributed by atoms with van der Waals surface area (Å²) in [4.78, 5) is 0. The smallest absolute Gasteiger partial charge is 0.0682 e. The van der Waals surface area contributed by atoms with E-state index >= 15 is 0 Å². The maximum atomic E-state index is 5.50. The molecule has 0 saturated heterocycles. The molecule has 0 fully saturated rings. The Morgan fingerprint density at radius 3 is 2.62 bits per heavy atom. The molecule has 0 nitrogen and oxygen atoms in total. The monoisotopic (exact) mass is 152 g/mol. The molecule has 8 heavy (non-hydrogen) atoms. The molecule has 0 aliphatic heterocycles. The Balaban J connectivity index is 2.92. The minimum atomic E-state index is 0.737. The largest absolute Gasteiger partial charge is 0.143 e. The topological polar surface area (TPSA) is 0 Å². The van der Waals surface area contributed by atoms with Crippen LogP contribution in [0.15, 0.2) is 0 Å². The van der Waals surface area contributed by atoms with Gasteiger partial charge in [0.1, 0.15) is 0 Å². The molecule has 0 bridgehead atoms. The van der Waals surface area contributed by atoms with Crippen LogP contribution in [0, 0.1) is 0 Å². The Morgan fingerprint density at radius 2 is 2.25 bits per heavy atom. The van der Waals surface area contributed by atoms with Crippen molar-refractivity contribution in [3.05, 3.63) is 0 Å². The molecule has 0 aliphatic rings. The molecule has 0 N–H and O–H groups in total. The molecule has 1 atom stereocenters. The van der Waals surface area contributed by atoms with Crippen molar-refractivity contribution >= 4 is 23.4 Å². The van der Waals surface area contributed by atoms with Gasteiger partial charge in [-0.3, -0.25) is 0 Å². The van der Waals surface area contributed by atoms with Crippen LogP contribution >= 0.6 is 23.4 Å². The fourth-order valence-electron chi connectivity index (χ4n) is 0.597. The van der Waals surface area contributed by atoms with Gasteiger partial charge in [0.05, 0.1) is 5.21 Å². The van der Waals surface area contributed by atoms with Crippen molar-refractivity contribution < 1.29 is 0 Å². The van der Waals surface area contributed by atoms with Gasteiger partial charge in [0, 0.05) is 5.25 Å². The Labute approximate surface area is 61.0 Å². The zero-order valence-corrected chi connectivity index (χ0v) is 7.06. The predicted octanol–water partition coefficient (Wildman–Crippen LogP) is 3.10. The molecule has 0 amide bonds. The van der Waals surface area contributed by atoms with E-state index in [2.05, 4.69) is 13.8 Å². The first-order chi connectivity index (χ1) is 3.81. The summed E-state index contributed by atoms with van der Waals surface area (Å²) >= 11 is 7.32. The second kappa shape index (κ2) is 5.77. The zero-order chi connectivity index (χ0) is 6.41. The molecule has 0 heterocycles. The van der Waals surface area contributed by atoms with Gasteiger partial charge in [-0.2, -0.15) is 0 Å². The van der Waals surface area contributed by atoms with E-state index in [0.29, 0.717) is 0 Å². The van der Waals surface area contributed by atoms with Crippen molar-refractivity contribution in [1.29, 1.82) is 0 Å². The average molecular weight is 153 g/mol. The average Bonchev–Trinajstić information content (AvgIpc) is 1.68. The summed E-state index contributed by atoms with van der Waals surface area (Å²) in [6.45, 7) is 4.42. The third kappa shape index (κ3) is 4.79. The Kier molecular flexibility index (Phi) is 6.23. The molecule has 0 aliphatic carbocycles. The minimum absolute atomic E-state index is 0.737. The van der Waals surface area contributed by atoms with Crippen LogP contribution in [0.5, 0.6) is 0 Å². The number of thioether (sulfide) groups is 1. The van der Waals surface area contributed by atoms with E-state index in [4.69, 9.17) is 11.6 Å². The number of halogens is 1. The molecular formula is C6H13ClS. The van der Waals surface area contributed by atoms with Crippen LogP contribution in [0.1, 0.15) is 26.7 Å². The van der Waals surface area contributed by atoms with Gasteiger partial charge in [-0.25, -0.2) is 0 Å². The predicted molar refractivity (Wildman–Crippen MR) is 42.7 cm³/mol. The number of hydrogen-bond acceptors (Lipinski definition) is 1. The van der Waals surface area contributed by atoms with Gasteiger partial charge in [-0.1, -0.05) is 20.3 Å². The first-order valence-electron chi connectivity index (χ1n) is 2.98. The highest BCUT2D eigenvalue weighted by Gasteiger charge is 1.96. The second-order valence-corrected chi connectivity index (χ2v) is 3.89. The van der Waals surface area contributed by atoms with Crippen LogP contribution in [0.2, 0.25) is 0 Å². The molecule has 0 spiro atoms. The maximum Gasteiger partial charge on any atom is 0.0682 e. The third-order valence-electron chi connectivity index (χ3n) is 1.04. The summed E-state index contributed by atoms with van der Waals surface area (Å²) in [5.74, 6) is 0. The van der Waals surface area contributed by atoms with E-state index in [9.17, 15) is 0 Å². The summed E-state index contributed by atoms with van der Waals surface area (Å²) in [6.07, 6.45) is 2.56. The highest BCUT2D eigenvalue weighted by molar-refractivity contribution is 8.00. The normalized spacial score (nSPS) is 13.9.